The number of H-pyrrole nitrogens is 1. The molecular weight excluding hydrogens is 201 g/mol. The molecule has 0 atom stereocenters. The predicted molar refractivity (Wildman–Crippen MR) is 42.0 cm³/mol. The van der Waals surface area contributed by atoms with Crippen LogP contribution in [0.3, 0.4) is 0 Å². The summed E-state index contributed by atoms with van der Waals surface area (Å²) in [5.41, 5.74) is -3.82. The van der Waals surface area contributed by atoms with Gasteiger partial charge in [-0.05, 0) is 6.92 Å². The molecule has 1 heterocycles. The van der Waals surface area contributed by atoms with Gasteiger partial charge in [0.15, 0.2) is 0 Å². The molecule has 0 radical (unpaired) electrons. The van der Waals surface area contributed by atoms with Crippen molar-refractivity contribution in [3.8, 4) is 0 Å². The first-order valence-corrected chi connectivity index (χ1v) is 3.62. The van der Waals surface area contributed by atoms with Crippen molar-refractivity contribution < 1.29 is 13.2 Å². The lowest BCUT2D eigenvalue weighted by Gasteiger charge is -2.12. The minimum Gasteiger partial charge on any atom is -0.292 e. The second-order valence-corrected chi connectivity index (χ2v) is 2.79. The van der Waals surface area contributed by atoms with Gasteiger partial charge in [-0.3, -0.25) is 14.3 Å². The summed E-state index contributed by atoms with van der Waals surface area (Å²) in [5, 5.41) is 0. The summed E-state index contributed by atoms with van der Waals surface area (Å²) in [6.45, 7) is 1.01. The number of halogens is 3. The second kappa shape index (κ2) is 3.00. The van der Waals surface area contributed by atoms with Crippen LogP contribution in [0.2, 0.25) is 0 Å². The van der Waals surface area contributed by atoms with E-state index in [1.165, 1.54) is 0 Å². The molecule has 0 unspecified atom stereocenters. The number of nitrogens with one attached hydrogen (secondary N) is 1. The largest absolute Gasteiger partial charge is 0.432 e. The fraction of sp³-hybridized carbons (Fsp3) is 0.429. The van der Waals surface area contributed by atoms with E-state index in [2.05, 4.69) is 0 Å². The molecule has 4 nitrogen and oxygen atoms in total. The smallest absolute Gasteiger partial charge is 0.292 e. The average molecular weight is 208 g/mol. The summed E-state index contributed by atoms with van der Waals surface area (Å²) >= 11 is 0. The first-order valence-electron chi connectivity index (χ1n) is 3.62. The maximum absolute atomic E-state index is 12.4. The van der Waals surface area contributed by atoms with Gasteiger partial charge in [-0.1, -0.05) is 0 Å². The van der Waals surface area contributed by atoms with E-state index in [4.69, 9.17) is 0 Å². The van der Waals surface area contributed by atoms with Crippen LogP contribution in [0.15, 0.2) is 9.59 Å². The van der Waals surface area contributed by atoms with E-state index < -0.39 is 28.7 Å². The second-order valence-electron chi connectivity index (χ2n) is 2.79. The quantitative estimate of drug-likeness (QED) is 0.671. The third kappa shape index (κ3) is 1.57. The van der Waals surface area contributed by atoms with Gasteiger partial charge in [0.2, 0.25) is 0 Å². The van der Waals surface area contributed by atoms with Crippen LogP contribution in [0.4, 0.5) is 13.2 Å². The first kappa shape index (κ1) is 10.6. The third-order valence-electron chi connectivity index (χ3n) is 1.82. The van der Waals surface area contributed by atoms with E-state index in [1.54, 1.807) is 4.98 Å². The molecule has 0 aliphatic heterocycles. The molecule has 0 aliphatic carbocycles. The number of rotatable bonds is 0. The van der Waals surface area contributed by atoms with Crippen molar-refractivity contribution in [2.75, 3.05) is 0 Å². The summed E-state index contributed by atoms with van der Waals surface area (Å²) in [6, 6.07) is 0. The molecule has 0 fully saturated rings. The minimum atomic E-state index is -4.70. The number of nitrogens with zero attached hydrogens (tertiary/aromatic N) is 1. The normalized spacial score (nSPS) is 11.8. The van der Waals surface area contributed by atoms with Crippen LogP contribution in [-0.2, 0) is 13.2 Å². The zero-order valence-corrected chi connectivity index (χ0v) is 7.40. The van der Waals surface area contributed by atoms with Gasteiger partial charge >= 0.3 is 11.9 Å². The zero-order chi connectivity index (χ0) is 11.1. The van der Waals surface area contributed by atoms with Gasteiger partial charge in [0.25, 0.3) is 5.56 Å². The average Bonchev–Trinajstić information content (AvgIpc) is 1.98. The van der Waals surface area contributed by atoms with Crippen LogP contribution in [0.5, 0.6) is 0 Å². The molecule has 1 rings (SSSR count). The van der Waals surface area contributed by atoms with E-state index in [-0.39, 0.29) is 0 Å². The Balaban J connectivity index is 3.74. The highest BCUT2D eigenvalue weighted by Gasteiger charge is 2.36. The molecule has 0 saturated heterocycles. The highest BCUT2D eigenvalue weighted by Crippen LogP contribution is 2.28. The molecule has 1 aromatic rings. The van der Waals surface area contributed by atoms with Crippen molar-refractivity contribution in [2.24, 2.45) is 7.05 Å². The Morgan fingerprint density at radius 1 is 1.29 bits per heavy atom. The van der Waals surface area contributed by atoms with Crippen molar-refractivity contribution in [1.29, 1.82) is 0 Å². The van der Waals surface area contributed by atoms with Crippen LogP contribution in [-0.4, -0.2) is 9.55 Å². The Morgan fingerprint density at radius 3 is 2.21 bits per heavy atom. The standard InChI is InChI=1S/C7H7F3N2O2/c1-3-4(7(8,9)10)12(2)6(14)11-5(3)13/h1-2H3,(H,11,13,14). The summed E-state index contributed by atoms with van der Waals surface area (Å²) in [7, 11) is 0.952. The van der Waals surface area contributed by atoms with Gasteiger partial charge in [0.05, 0.1) is 0 Å². The zero-order valence-electron chi connectivity index (χ0n) is 7.40. The lowest BCUT2D eigenvalue weighted by Crippen LogP contribution is -2.36. The molecule has 0 bridgehead atoms. The Hall–Kier alpha value is -1.53. The van der Waals surface area contributed by atoms with Crippen molar-refractivity contribution in [1.82, 2.24) is 9.55 Å². The number of alkyl halides is 3. The highest BCUT2D eigenvalue weighted by atomic mass is 19.4. The van der Waals surface area contributed by atoms with Gasteiger partial charge in [0.1, 0.15) is 5.69 Å². The fourth-order valence-electron chi connectivity index (χ4n) is 1.14. The van der Waals surface area contributed by atoms with E-state index in [0.717, 1.165) is 14.0 Å². The molecule has 0 amide bonds. The summed E-state index contributed by atoms with van der Waals surface area (Å²) in [4.78, 5) is 23.5. The third-order valence-corrected chi connectivity index (χ3v) is 1.82. The molecule has 0 aliphatic rings. The molecule has 1 N–H and O–H groups in total. The maximum Gasteiger partial charge on any atom is 0.432 e. The summed E-state index contributed by atoms with van der Waals surface area (Å²) < 4.78 is 37.4. The van der Waals surface area contributed by atoms with E-state index in [0.29, 0.717) is 4.57 Å². The summed E-state index contributed by atoms with van der Waals surface area (Å²) in [6.07, 6.45) is -4.70. The van der Waals surface area contributed by atoms with Crippen molar-refractivity contribution in [3.63, 3.8) is 0 Å². The minimum absolute atomic E-state index is 0.372. The van der Waals surface area contributed by atoms with Crippen molar-refractivity contribution in [2.45, 2.75) is 13.1 Å². The molecule has 78 valence electrons. The fourth-order valence-corrected chi connectivity index (χ4v) is 1.14. The first-order chi connectivity index (χ1) is 6.25. The lowest BCUT2D eigenvalue weighted by atomic mass is 10.2. The Morgan fingerprint density at radius 2 is 1.79 bits per heavy atom. The Labute approximate surface area is 76.0 Å². The molecule has 0 aromatic carbocycles. The maximum atomic E-state index is 12.4. The highest BCUT2D eigenvalue weighted by molar-refractivity contribution is 5.18. The molecule has 0 saturated carbocycles. The Bertz CT molecular complexity index is 435. The van der Waals surface area contributed by atoms with Crippen LogP contribution < -0.4 is 11.2 Å². The number of aromatic amines is 1. The van der Waals surface area contributed by atoms with E-state index in [1.807, 2.05) is 0 Å². The SMILES string of the molecule is Cc1c(C(F)(F)F)n(C)c(=O)[nH]c1=O. The molecule has 7 heteroatoms. The van der Waals surface area contributed by atoms with Crippen LogP contribution >= 0.6 is 0 Å². The monoisotopic (exact) mass is 208 g/mol. The van der Waals surface area contributed by atoms with Crippen molar-refractivity contribution in [3.05, 3.63) is 32.1 Å². The predicted octanol–water partition coefficient (Wildman–Crippen LogP) is 0.401. The van der Waals surface area contributed by atoms with Gasteiger partial charge < -0.3 is 0 Å². The van der Waals surface area contributed by atoms with Crippen LogP contribution in [0, 0.1) is 6.92 Å². The molecule has 0 spiro atoms. The molecule has 1 aromatic heterocycles. The topological polar surface area (TPSA) is 54.9 Å². The number of aromatic nitrogens is 2. The van der Waals surface area contributed by atoms with Gasteiger partial charge in [0, 0.05) is 12.6 Å². The molecular formula is C7H7F3N2O2. The van der Waals surface area contributed by atoms with E-state index in [9.17, 15) is 22.8 Å². The number of hydrogen-bond donors (Lipinski definition) is 1. The van der Waals surface area contributed by atoms with Crippen LogP contribution in [0.1, 0.15) is 11.3 Å². The van der Waals surface area contributed by atoms with Crippen molar-refractivity contribution >= 4 is 0 Å². The lowest BCUT2D eigenvalue weighted by molar-refractivity contribution is -0.144. The molecule has 14 heavy (non-hydrogen) atoms. The van der Waals surface area contributed by atoms with Gasteiger partial charge in [-0.15, -0.1) is 0 Å². The van der Waals surface area contributed by atoms with E-state index >= 15 is 0 Å². The van der Waals surface area contributed by atoms with Gasteiger partial charge in [-0.2, -0.15) is 13.2 Å². The Kier molecular flexibility index (Phi) is 2.26. The van der Waals surface area contributed by atoms with Gasteiger partial charge in [-0.25, -0.2) is 4.79 Å². The van der Waals surface area contributed by atoms with Crippen LogP contribution in [0.25, 0.3) is 0 Å². The number of hydrogen-bond acceptors (Lipinski definition) is 2. The summed E-state index contributed by atoms with van der Waals surface area (Å²) in [5.74, 6) is 0.